The minimum Gasteiger partial charge on any atom is -0.356 e. The fourth-order valence-electron chi connectivity index (χ4n) is 3.38. The fourth-order valence-corrected chi connectivity index (χ4v) is 4.37. The Labute approximate surface area is 165 Å². The molecular weight excluding hydrogens is 370 g/mol. The van der Waals surface area contributed by atoms with Crippen molar-refractivity contribution in [2.24, 2.45) is 11.7 Å². The molecule has 3 N–H and O–H groups in total. The molecule has 0 radical (unpaired) electrons. The summed E-state index contributed by atoms with van der Waals surface area (Å²) in [6, 6.07) is 0. The second-order valence-corrected chi connectivity index (χ2v) is 7.91. The minimum atomic E-state index is 0. The minimum absolute atomic E-state index is 0. The molecule has 0 unspecified atom stereocenters. The molecule has 2 aromatic heterocycles. The number of thiophene rings is 1. The summed E-state index contributed by atoms with van der Waals surface area (Å²) in [4.78, 5) is 25.9. The number of aryl methyl sites for hydroxylation is 2. The number of aromatic nitrogens is 2. The number of carbonyl (C=O) groups excluding carboxylic acids is 1. The van der Waals surface area contributed by atoms with Crippen LogP contribution in [0.5, 0.6) is 0 Å². The van der Waals surface area contributed by atoms with Crippen LogP contribution in [0.15, 0.2) is 6.33 Å². The van der Waals surface area contributed by atoms with Gasteiger partial charge in [0, 0.05) is 30.4 Å². The first kappa shape index (κ1) is 20.9. The maximum Gasteiger partial charge on any atom is 0.223 e. The Bertz CT molecular complexity index is 743. The van der Waals surface area contributed by atoms with Crippen LogP contribution >= 0.6 is 23.7 Å². The van der Waals surface area contributed by atoms with Gasteiger partial charge in [-0.05, 0) is 51.6 Å². The topological polar surface area (TPSA) is 84.1 Å². The van der Waals surface area contributed by atoms with Gasteiger partial charge in [-0.2, -0.15) is 0 Å². The van der Waals surface area contributed by atoms with Gasteiger partial charge >= 0.3 is 0 Å². The molecule has 0 bridgehead atoms. The maximum atomic E-state index is 12.3. The molecule has 8 heteroatoms. The Hall–Kier alpha value is -1.44. The molecule has 1 fully saturated rings. The number of carbonyl (C=O) groups is 1. The highest BCUT2D eigenvalue weighted by Crippen LogP contribution is 2.35. The van der Waals surface area contributed by atoms with Crippen LogP contribution in [0.2, 0.25) is 0 Å². The van der Waals surface area contributed by atoms with Gasteiger partial charge in [-0.25, -0.2) is 9.97 Å². The summed E-state index contributed by atoms with van der Waals surface area (Å²) in [5, 5.41) is 4.22. The quantitative estimate of drug-likeness (QED) is 0.732. The van der Waals surface area contributed by atoms with Crippen molar-refractivity contribution < 1.29 is 4.79 Å². The van der Waals surface area contributed by atoms with Gasteiger partial charge in [-0.1, -0.05) is 0 Å². The number of hydrogen-bond donors (Lipinski definition) is 2. The summed E-state index contributed by atoms with van der Waals surface area (Å²) in [5.41, 5.74) is 6.76. The van der Waals surface area contributed by atoms with Crippen molar-refractivity contribution in [1.82, 2.24) is 15.3 Å². The van der Waals surface area contributed by atoms with E-state index in [-0.39, 0.29) is 24.2 Å². The Morgan fingerprint density at radius 3 is 2.73 bits per heavy atom. The summed E-state index contributed by atoms with van der Waals surface area (Å²) in [7, 11) is 0. The molecule has 0 aromatic carbocycles. The van der Waals surface area contributed by atoms with Crippen LogP contribution < -0.4 is 16.0 Å². The lowest BCUT2D eigenvalue weighted by molar-refractivity contribution is -0.125. The Balaban J connectivity index is 0.00000243. The average molecular weight is 398 g/mol. The highest BCUT2D eigenvalue weighted by molar-refractivity contribution is 7.18. The number of nitrogens with zero attached hydrogens (tertiary/aromatic N) is 3. The number of hydrogen-bond acceptors (Lipinski definition) is 6. The van der Waals surface area contributed by atoms with Crippen molar-refractivity contribution in [1.29, 1.82) is 0 Å². The number of halogens is 1. The lowest BCUT2D eigenvalue weighted by Gasteiger charge is -2.32. The van der Waals surface area contributed by atoms with Crippen LogP contribution in [0.4, 0.5) is 5.82 Å². The van der Waals surface area contributed by atoms with Crippen LogP contribution in [0.1, 0.15) is 36.1 Å². The van der Waals surface area contributed by atoms with E-state index in [1.807, 2.05) is 0 Å². The molecule has 0 atom stereocenters. The highest BCUT2D eigenvalue weighted by atomic mass is 35.5. The van der Waals surface area contributed by atoms with Crippen molar-refractivity contribution in [3.8, 4) is 0 Å². The number of nitrogens with two attached hydrogens (primary N) is 1. The second-order valence-electron chi connectivity index (χ2n) is 6.71. The van der Waals surface area contributed by atoms with E-state index < -0.39 is 0 Å². The van der Waals surface area contributed by atoms with E-state index >= 15 is 0 Å². The van der Waals surface area contributed by atoms with Crippen molar-refractivity contribution in [2.75, 3.05) is 31.1 Å². The van der Waals surface area contributed by atoms with Gasteiger partial charge in [0.2, 0.25) is 5.91 Å². The van der Waals surface area contributed by atoms with Crippen LogP contribution in [0.3, 0.4) is 0 Å². The molecule has 1 amide bonds. The van der Waals surface area contributed by atoms with E-state index in [2.05, 4.69) is 34.0 Å². The molecule has 2 aromatic rings. The predicted molar refractivity (Wildman–Crippen MR) is 110 cm³/mol. The molecule has 6 nitrogen and oxygen atoms in total. The van der Waals surface area contributed by atoms with Gasteiger partial charge in [-0.3, -0.25) is 4.79 Å². The van der Waals surface area contributed by atoms with E-state index in [9.17, 15) is 4.79 Å². The molecule has 0 aliphatic carbocycles. The zero-order chi connectivity index (χ0) is 17.8. The lowest BCUT2D eigenvalue weighted by atomic mass is 9.95. The van der Waals surface area contributed by atoms with E-state index in [1.54, 1.807) is 17.7 Å². The number of piperidine rings is 1. The number of fused-ring (bicyclic) bond motifs is 1. The summed E-state index contributed by atoms with van der Waals surface area (Å²) in [6.07, 6.45) is 5.31. The first-order chi connectivity index (χ1) is 12.1. The van der Waals surface area contributed by atoms with Crippen LogP contribution in [0, 0.1) is 19.8 Å². The van der Waals surface area contributed by atoms with Gasteiger partial charge in [-0.15, -0.1) is 23.7 Å². The standard InChI is InChI=1S/C18H27N5OS.ClH/c1-12-13(2)25-18-15(12)16(21-11-22-18)23-9-5-14(6-10-23)17(24)20-8-4-3-7-19;/h11,14H,3-10,19H2,1-2H3,(H,20,24);1H. The lowest BCUT2D eigenvalue weighted by Crippen LogP contribution is -2.41. The van der Waals surface area contributed by atoms with Gasteiger partial charge < -0.3 is 16.0 Å². The van der Waals surface area contributed by atoms with Gasteiger partial charge in [0.25, 0.3) is 0 Å². The summed E-state index contributed by atoms with van der Waals surface area (Å²) >= 11 is 1.72. The Morgan fingerprint density at radius 1 is 1.31 bits per heavy atom. The van der Waals surface area contributed by atoms with E-state index in [0.717, 1.165) is 56.0 Å². The fraction of sp³-hybridized carbons (Fsp3) is 0.611. The number of amides is 1. The van der Waals surface area contributed by atoms with Crippen LogP contribution in [0.25, 0.3) is 10.2 Å². The molecule has 0 spiro atoms. The number of anilines is 1. The molecule has 0 saturated carbocycles. The van der Waals surface area contributed by atoms with Crippen molar-refractivity contribution in [3.63, 3.8) is 0 Å². The van der Waals surface area contributed by atoms with Crippen molar-refractivity contribution in [2.45, 2.75) is 39.5 Å². The molecule has 1 aliphatic heterocycles. The van der Waals surface area contributed by atoms with Crippen molar-refractivity contribution in [3.05, 3.63) is 16.8 Å². The third-order valence-corrected chi connectivity index (χ3v) is 6.16. The van der Waals surface area contributed by atoms with E-state index in [4.69, 9.17) is 5.73 Å². The normalized spacial score (nSPS) is 15.1. The zero-order valence-corrected chi connectivity index (χ0v) is 17.1. The Morgan fingerprint density at radius 2 is 2.04 bits per heavy atom. The predicted octanol–water partition coefficient (Wildman–Crippen LogP) is 2.80. The first-order valence-corrected chi connectivity index (χ1v) is 9.87. The first-order valence-electron chi connectivity index (χ1n) is 9.05. The largest absolute Gasteiger partial charge is 0.356 e. The third kappa shape index (κ3) is 4.45. The van der Waals surface area contributed by atoms with E-state index in [0.29, 0.717) is 6.54 Å². The molecule has 26 heavy (non-hydrogen) atoms. The number of unbranched alkanes of at least 4 members (excludes halogenated alkanes) is 1. The monoisotopic (exact) mass is 397 g/mol. The molecule has 1 saturated heterocycles. The summed E-state index contributed by atoms with van der Waals surface area (Å²) in [6.45, 7) is 7.41. The smallest absolute Gasteiger partial charge is 0.223 e. The SMILES string of the molecule is Cc1sc2ncnc(N3CCC(C(=O)NCCCCN)CC3)c2c1C.Cl. The molecule has 3 rings (SSSR count). The highest BCUT2D eigenvalue weighted by Gasteiger charge is 2.27. The van der Waals surface area contributed by atoms with Gasteiger partial charge in [0.05, 0.1) is 5.39 Å². The molecule has 1 aliphatic rings. The number of rotatable bonds is 6. The number of nitrogens with one attached hydrogen (secondary N) is 1. The van der Waals surface area contributed by atoms with Gasteiger partial charge in [0.15, 0.2) is 0 Å². The molecule has 3 heterocycles. The summed E-state index contributed by atoms with van der Waals surface area (Å²) < 4.78 is 0. The summed E-state index contributed by atoms with van der Waals surface area (Å²) in [5.74, 6) is 1.32. The molecular formula is C18H28ClN5OS. The third-order valence-electron chi connectivity index (χ3n) is 5.04. The van der Waals surface area contributed by atoms with Gasteiger partial charge in [0.1, 0.15) is 17.0 Å². The zero-order valence-electron chi connectivity index (χ0n) is 15.5. The van der Waals surface area contributed by atoms with Crippen LogP contribution in [-0.4, -0.2) is 42.1 Å². The second kappa shape index (κ2) is 9.48. The van der Waals surface area contributed by atoms with E-state index in [1.165, 1.54) is 15.8 Å². The van der Waals surface area contributed by atoms with Crippen molar-refractivity contribution >= 4 is 45.7 Å². The maximum absolute atomic E-state index is 12.3. The Kier molecular flexibility index (Phi) is 7.61. The molecule has 144 valence electrons. The average Bonchev–Trinajstić information content (AvgIpc) is 2.93. The van der Waals surface area contributed by atoms with Crippen LogP contribution in [-0.2, 0) is 4.79 Å².